The molecule has 27 heavy (non-hydrogen) atoms. The fourth-order valence-corrected chi connectivity index (χ4v) is 4.80. The van der Waals surface area contributed by atoms with Gasteiger partial charge in [0.2, 0.25) is 15.9 Å². The van der Waals surface area contributed by atoms with Gasteiger partial charge in [-0.15, -0.1) is 0 Å². The van der Waals surface area contributed by atoms with Gasteiger partial charge in [-0.25, -0.2) is 13.4 Å². The van der Waals surface area contributed by atoms with E-state index in [0.717, 1.165) is 12.8 Å². The number of oxazole rings is 1. The van der Waals surface area contributed by atoms with Crippen molar-refractivity contribution in [1.29, 1.82) is 0 Å². The third-order valence-corrected chi connectivity index (χ3v) is 6.48. The number of hydrogen-bond donors (Lipinski definition) is 0. The van der Waals surface area contributed by atoms with E-state index >= 15 is 0 Å². The number of sulfonamides is 1. The molecule has 142 valence electrons. The van der Waals surface area contributed by atoms with Crippen LogP contribution < -0.4 is 0 Å². The molecule has 1 unspecified atom stereocenters. The summed E-state index contributed by atoms with van der Waals surface area (Å²) in [6.45, 7) is 2.60. The molecular weight excluding hydrogens is 368 g/mol. The average molecular weight is 388 g/mol. The Labute approximate surface area is 157 Å². The van der Waals surface area contributed by atoms with Gasteiger partial charge in [-0.3, -0.25) is 0 Å². The van der Waals surface area contributed by atoms with Crippen LogP contribution >= 0.6 is 0 Å². The highest BCUT2D eigenvalue weighted by molar-refractivity contribution is 7.89. The Morgan fingerprint density at radius 2 is 2.07 bits per heavy atom. The van der Waals surface area contributed by atoms with Crippen molar-refractivity contribution in [2.75, 3.05) is 13.1 Å². The lowest BCUT2D eigenvalue weighted by atomic mass is 10.00. The van der Waals surface area contributed by atoms with Crippen LogP contribution in [0.2, 0.25) is 0 Å². The van der Waals surface area contributed by atoms with Gasteiger partial charge in [-0.2, -0.15) is 9.29 Å². The highest BCUT2D eigenvalue weighted by Crippen LogP contribution is 2.29. The van der Waals surface area contributed by atoms with Crippen LogP contribution in [0.1, 0.15) is 42.1 Å². The predicted octanol–water partition coefficient (Wildman–Crippen LogP) is 2.53. The van der Waals surface area contributed by atoms with Gasteiger partial charge in [-0.05, 0) is 25.0 Å². The van der Waals surface area contributed by atoms with Crippen molar-refractivity contribution in [2.24, 2.45) is 0 Å². The highest BCUT2D eigenvalue weighted by Gasteiger charge is 2.33. The summed E-state index contributed by atoms with van der Waals surface area (Å²) in [5.74, 6) is 2.10. The molecule has 3 aromatic rings. The van der Waals surface area contributed by atoms with Gasteiger partial charge in [0.25, 0.3) is 0 Å². The first-order valence-corrected chi connectivity index (χ1v) is 10.3. The molecule has 0 aliphatic carbocycles. The molecule has 1 aliphatic rings. The zero-order valence-electron chi connectivity index (χ0n) is 14.9. The quantitative estimate of drug-likeness (QED) is 0.662. The third kappa shape index (κ3) is 3.79. The van der Waals surface area contributed by atoms with Crippen molar-refractivity contribution < 1.29 is 17.4 Å². The van der Waals surface area contributed by atoms with Crippen molar-refractivity contribution in [3.8, 4) is 0 Å². The van der Waals surface area contributed by atoms with Crippen LogP contribution in [0.4, 0.5) is 0 Å². The second-order valence-corrected chi connectivity index (χ2v) is 8.52. The predicted molar refractivity (Wildman–Crippen MR) is 95.5 cm³/mol. The summed E-state index contributed by atoms with van der Waals surface area (Å²) in [4.78, 5) is 8.79. The lowest BCUT2D eigenvalue weighted by Gasteiger charge is -2.30. The topological polar surface area (TPSA) is 102 Å². The molecule has 2 aromatic heterocycles. The van der Waals surface area contributed by atoms with Gasteiger partial charge in [0.05, 0.1) is 23.4 Å². The van der Waals surface area contributed by atoms with Gasteiger partial charge in [-0.1, -0.05) is 23.4 Å². The molecule has 1 aromatic carbocycles. The Hall–Kier alpha value is -2.52. The Morgan fingerprint density at radius 1 is 1.26 bits per heavy atom. The number of aryl methyl sites for hydroxylation is 1. The number of aromatic nitrogens is 3. The molecule has 3 heterocycles. The standard InChI is InChI=1S/C18H20N4O4S/c1-13-19-11-15(25-13)10-17-20-18(26-21-17)14-6-5-9-22(12-14)27(23,24)16-7-3-2-4-8-16/h2-4,7-8,11,14H,5-6,9-10,12H2,1H3. The minimum absolute atomic E-state index is 0.116. The number of piperidine rings is 1. The third-order valence-electron chi connectivity index (χ3n) is 4.60. The zero-order chi connectivity index (χ0) is 18.9. The van der Waals surface area contributed by atoms with Crippen LogP contribution in [0.15, 0.2) is 50.4 Å². The molecule has 0 spiro atoms. The first-order chi connectivity index (χ1) is 13.0. The smallest absolute Gasteiger partial charge is 0.243 e. The number of nitrogens with zero attached hydrogens (tertiary/aromatic N) is 4. The summed E-state index contributed by atoms with van der Waals surface area (Å²) in [6, 6.07) is 8.48. The molecule has 0 N–H and O–H groups in total. The van der Waals surface area contributed by atoms with E-state index in [-0.39, 0.29) is 5.92 Å². The van der Waals surface area contributed by atoms with Gasteiger partial charge in [0, 0.05) is 20.0 Å². The average Bonchev–Trinajstić information content (AvgIpc) is 3.32. The van der Waals surface area contributed by atoms with Gasteiger partial charge in [0.15, 0.2) is 11.7 Å². The Morgan fingerprint density at radius 3 is 2.81 bits per heavy atom. The van der Waals surface area contributed by atoms with Gasteiger partial charge in [0.1, 0.15) is 5.76 Å². The molecule has 8 nitrogen and oxygen atoms in total. The maximum atomic E-state index is 12.9. The number of hydrogen-bond acceptors (Lipinski definition) is 7. The van der Waals surface area contributed by atoms with Crippen molar-refractivity contribution in [1.82, 2.24) is 19.4 Å². The van der Waals surface area contributed by atoms with Crippen LogP contribution in [-0.2, 0) is 16.4 Å². The second-order valence-electron chi connectivity index (χ2n) is 6.59. The fraction of sp³-hybridized carbons (Fsp3) is 0.389. The summed E-state index contributed by atoms with van der Waals surface area (Å²) < 4.78 is 38.0. The van der Waals surface area contributed by atoms with Crippen LogP contribution in [0, 0.1) is 6.92 Å². The zero-order valence-corrected chi connectivity index (χ0v) is 15.7. The van der Waals surface area contributed by atoms with E-state index in [1.165, 1.54) is 4.31 Å². The van der Waals surface area contributed by atoms with Crippen molar-refractivity contribution in [2.45, 2.75) is 37.0 Å². The van der Waals surface area contributed by atoms with Crippen LogP contribution in [-0.4, -0.2) is 40.9 Å². The lowest BCUT2D eigenvalue weighted by Crippen LogP contribution is -2.39. The molecular formula is C18H20N4O4S. The molecule has 1 atom stereocenters. The van der Waals surface area contributed by atoms with Crippen molar-refractivity contribution in [3.63, 3.8) is 0 Å². The van der Waals surface area contributed by atoms with E-state index in [2.05, 4.69) is 15.1 Å². The van der Waals surface area contributed by atoms with Gasteiger partial charge < -0.3 is 8.94 Å². The first kappa shape index (κ1) is 17.9. The lowest BCUT2D eigenvalue weighted by molar-refractivity contribution is 0.265. The minimum Gasteiger partial charge on any atom is -0.446 e. The Bertz CT molecular complexity index is 1010. The summed E-state index contributed by atoms with van der Waals surface area (Å²) in [5, 5.41) is 4.00. The normalized spacial score (nSPS) is 18.6. The molecule has 9 heteroatoms. The number of rotatable bonds is 5. The van der Waals surface area contributed by atoms with Crippen LogP contribution in [0.5, 0.6) is 0 Å². The van der Waals surface area contributed by atoms with E-state index in [1.54, 1.807) is 43.5 Å². The van der Waals surface area contributed by atoms with Gasteiger partial charge >= 0.3 is 0 Å². The molecule has 0 radical (unpaired) electrons. The Balaban J connectivity index is 1.49. The molecule has 1 aliphatic heterocycles. The maximum absolute atomic E-state index is 12.9. The number of benzene rings is 1. The fourth-order valence-electron chi connectivity index (χ4n) is 3.25. The first-order valence-electron chi connectivity index (χ1n) is 8.81. The molecule has 1 fully saturated rings. The van der Waals surface area contributed by atoms with Crippen LogP contribution in [0.25, 0.3) is 0 Å². The van der Waals surface area contributed by atoms with Crippen molar-refractivity contribution in [3.05, 3.63) is 59.9 Å². The summed E-state index contributed by atoms with van der Waals surface area (Å²) in [7, 11) is -3.52. The largest absolute Gasteiger partial charge is 0.446 e. The SMILES string of the molecule is Cc1ncc(Cc2noc(C3CCCN(S(=O)(=O)c4ccccc4)C3)n2)o1. The molecule has 0 bridgehead atoms. The van der Waals surface area contributed by atoms with E-state index < -0.39 is 10.0 Å². The molecule has 0 saturated carbocycles. The highest BCUT2D eigenvalue weighted by atomic mass is 32.2. The molecule has 4 rings (SSSR count). The van der Waals surface area contributed by atoms with E-state index in [9.17, 15) is 8.42 Å². The van der Waals surface area contributed by atoms with Crippen molar-refractivity contribution >= 4 is 10.0 Å². The summed E-state index contributed by atoms with van der Waals surface area (Å²) >= 11 is 0. The van der Waals surface area contributed by atoms with E-state index in [0.29, 0.717) is 47.8 Å². The van der Waals surface area contributed by atoms with E-state index in [1.807, 2.05) is 0 Å². The molecule has 0 amide bonds. The monoisotopic (exact) mass is 388 g/mol. The summed E-state index contributed by atoms with van der Waals surface area (Å²) in [6.07, 6.45) is 3.59. The van der Waals surface area contributed by atoms with Crippen LogP contribution in [0.3, 0.4) is 0 Å². The van der Waals surface area contributed by atoms with E-state index in [4.69, 9.17) is 8.94 Å². The minimum atomic E-state index is -3.52. The second kappa shape index (κ2) is 7.24. The molecule has 1 saturated heterocycles. The summed E-state index contributed by atoms with van der Waals surface area (Å²) in [5.41, 5.74) is 0. The maximum Gasteiger partial charge on any atom is 0.243 e. The Kier molecular flexibility index (Phi) is 4.79.